The van der Waals surface area contributed by atoms with Crippen molar-refractivity contribution < 1.29 is 4.79 Å². The molecule has 0 aliphatic carbocycles. The number of fused-ring (bicyclic) bond motifs is 1. The van der Waals surface area contributed by atoms with Crippen LogP contribution in [0.1, 0.15) is 27.3 Å². The molecule has 27 heavy (non-hydrogen) atoms. The summed E-state index contributed by atoms with van der Waals surface area (Å²) >= 11 is 0. The van der Waals surface area contributed by atoms with Crippen molar-refractivity contribution in [2.24, 2.45) is 7.05 Å². The summed E-state index contributed by atoms with van der Waals surface area (Å²) in [6.07, 6.45) is 1.87. The van der Waals surface area contributed by atoms with E-state index in [1.165, 1.54) is 5.56 Å². The third-order valence-electron chi connectivity index (χ3n) is 4.59. The van der Waals surface area contributed by atoms with Crippen LogP contribution in [0.25, 0.3) is 11.0 Å². The molecule has 0 atom stereocenters. The van der Waals surface area contributed by atoms with Crippen molar-refractivity contribution in [2.75, 3.05) is 0 Å². The van der Waals surface area contributed by atoms with Gasteiger partial charge in [-0.3, -0.25) is 9.48 Å². The van der Waals surface area contributed by atoms with E-state index >= 15 is 0 Å². The molecule has 1 amide bonds. The third kappa shape index (κ3) is 3.60. The van der Waals surface area contributed by atoms with Gasteiger partial charge in [-0.2, -0.15) is 5.10 Å². The Kier molecular flexibility index (Phi) is 4.46. The Balaban J connectivity index is 1.40. The van der Waals surface area contributed by atoms with Crippen molar-refractivity contribution in [1.29, 1.82) is 0 Å². The number of nitrogens with zero attached hydrogens (tertiary/aromatic N) is 4. The van der Waals surface area contributed by atoms with Crippen LogP contribution < -0.4 is 5.32 Å². The average molecular weight is 359 g/mol. The fourth-order valence-corrected chi connectivity index (χ4v) is 3.19. The number of benzene rings is 2. The predicted molar refractivity (Wildman–Crippen MR) is 104 cm³/mol. The minimum Gasteiger partial charge on any atom is -0.347 e. The molecule has 0 aliphatic rings. The van der Waals surface area contributed by atoms with Gasteiger partial charge in [0, 0.05) is 20.1 Å². The number of hydrogen-bond donors (Lipinski definition) is 1. The summed E-state index contributed by atoms with van der Waals surface area (Å²) in [5.41, 5.74) is 5.77. The van der Waals surface area contributed by atoms with Gasteiger partial charge in [0.25, 0.3) is 5.91 Å². The van der Waals surface area contributed by atoms with E-state index in [2.05, 4.69) is 38.2 Å². The molecule has 0 unspecified atom stereocenters. The summed E-state index contributed by atoms with van der Waals surface area (Å²) in [6, 6.07) is 18.2. The molecule has 0 bridgehead atoms. The first kappa shape index (κ1) is 17.0. The Bertz CT molecular complexity index is 1090. The van der Waals surface area contributed by atoms with E-state index in [0.717, 1.165) is 28.8 Å². The van der Waals surface area contributed by atoms with E-state index in [4.69, 9.17) is 0 Å². The van der Waals surface area contributed by atoms with Crippen molar-refractivity contribution in [3.05, 3.63) is 83.4 Å². The van der Waals surface area contributed by atoms with Gasteiger partial charge >= 0.3 is 0 Å². The number of para-hydroxylation sites is 2. The number of amides is 1. The highest BCUT2D eigenvalue weighted by atomic mass is 16.2. The molecule has 0 radical (unpaired) electrons. The van der Waals surface area contributed by atoms with Crippen molar-refractivity contribution in [3.63, 3.8) is 0 Å². The Morgan fingerprint density at radius 1 is 1.07 bits per heavy atom. The van der Waals surface area contributed by atoms with Crippen LogP contribution in [0.3, 0.4) is 0 Å². The van der Waals surface area contributed by atoms with Crippen LogP contribution in [-0.2, 0) is 20.1 Å². The highest BCUT2D eigenvalue weighted by Crippen LogP contribution is 2.14. The molecule has 0 spiro atoms. The van der Waals surface area contributed by atoms with Gasteiger partial charge in [-0.05, 0) is 36.2 Å². The molecule has 0 saturated heterocycles. The van der Waals surface area contributed by atoms with Crippen LogP contribution in [0.5, 0.6) is 0 Å². The molecule has 2 heterocycles. The van der Waals surface area contributed by atoms with Gasteiger partial charge in [0.15, 0.2) is 0 Å². The minimum absolute atomic E-state index is 0.118. The summed E-state index contributed by atoms with van der Waals surface area (Å²) in [4.78, 5) is 16.7. The third-order valence-corrected chi connectivity index (χ3v) is 4.59. The Labute approximate surface area is 157 Å². The summed E-state index contributed by atoms with van der Waals surface area (Å²) in [5, 5.41) is 7.15. The van der Waals surface area contributed by atoms with Crippen LogP contribution in [0, 0.1) is 6.92 Å². The van der Waals surface area contributed by atoms with Crippen LogP contribution in [0.15, 0.2) is 60.9 Å². The first-order valence-corrected chi connectivity index (χ1v) is 8.87. The van der Waals surface area contributed by atoms with E-state index in [-0.39, 0.29) is 5.91 Å². The second-order valence-corrected chi connectivity index (χ2v) is 6.65. The molecule has 6 nitrogen and oxygen atoms in total. The Morgan fingerprint density at radius 2 is 1.81 bits per heavy atom. The van der Waals surface area contributed by atoms with Gasteiger partial charge in [0.05, 0.1) is 23.1 Å². The second kappa shape index (κ2) is 7.07. The van der Waals surface area contributed by atoms with Crippen molar-refractivity contribution in [1.82, 2.24) is 24.6 Å². The van der Waals surface area contributed by atoms with Crippen molar-refractivity contribution >= 4 is 16.9 Å². The number of carbonyl (C=O) groups excluding carboxylic acids is 1. The van der Waals surface area contributed by atoms with Gasteiger partial charge < -0.3 is 9.88 Å². The zero-order valence-electron chi connectivity index (χ0n) is 15.4. The molecule has 0 aliphatic heterocycles. The largest absolute Gasteiger partial charge is 0.347 e. The lowest BCUT2D eigenvalue weighted by molar-refractivity contribution is 0.0941. The Hall–Kier alpha value is -3.41. The van der Waals surface area contributed by atoms with E-state index in [1.54, 1.807) is 17.8 Å². The summed E-state index contributed by atoms with van der Waals surface area (Å²) in [6.45, 7) is 3.12. The van der Waals surface area contributed by atoms with Gasteiger partial charge in [-0.15, -0.1) is 0 Å². The number of rotatable bonds is 5. The quantitative estimate of drug-likeness (QED) is 0.596. The first-order valence-electron chi connectivity index (χ1n) is 8.87. The lowest BCUT2D eigenvalue weighted by Crippen LogP contribution is -2.25. The molecule has 2 aromatic heterocycles. The first-order chi connectivity index (χ1) is 13.1. The lowest BCUT2D eigenvalue weighted by Gasteiger charge is -2.08. The molecule has 136 valence electrons. The highest BCUT2D eigenvalue weighted by molar-refractivity contribution is 5.92. The zero-order chi connectivity index (χ0) is 18.8. The number of aryl methyl sites for hydroxylation is 2. The average Bonchev–Trinajstić information content (AvgIpc) is 3.23. The number of aromatic nitrogens is 4. The van der Waals surface area contributed by atoms with Gasteiger partial charge in [0.2, 0.25) is 0 Å². The SMILES string of the molecule is Cc1cc(C(=O)NCc2ccc(Cn3cnc4ccccc43)cc2)n(C)n1. The van der Waals surface area contributed by atoms with E-state index in [0.29, 0.717) is 12.2 Å². The molecule has 4 aromatic rings. The number of nitrogens with one attached hydrogen (secondary N) is 1. The minimum atomic E-state index is -0.118. The van der Waals surface area contributed by atoms with Crippen LogP contribution in [0.4, 0.5) is 0 Å². The van der Waals surface area contributed by atoms with E-state index < -0.39 is 0 Å². The second-order valence-electron chi connectivity index (χ2n) is 6.65. The monoisotopic (exact) mass is 359 g/mol. The molecule has 6 heteroatoms. The number of hydrogen-bond acceptors (Lipinski definition) is 3. The molecule has 0 saturated carbocycles. The summed E-state index contributed by atoms with van der Waals surface area (Å²) in [7, 11) is 1.77. The number of carbonyl (C=O) groups is 1. The molecular weight excluding hydrogens is 338 g/mol. The zero-order valence-corrected chi connectivity index (χ0v) is 15.4. The topological polar surface area (TPSA) is 64.7 Å². The van der Waals surface area contributed by atoms with Crippen LogP contribution in [0.2, 0.25) is 0 Å². The van der Waals surface area contributed by atoms with E-state index in [9.17, 15) is 4.79 Å². The normalized spacial score (nSPS) is 11.0. The lowest BCUT2D eigenvalue weighted by atomic mass is 10.1. The van der Waals surface area contributed by atoms with Gasteiger partial charge in [-0.1, -0.05) is 36.4 Å². The summed E-state index contributed by atoms with van der Waals surface area (Å²) < 4.78 is 3.74. The standard InChI is InChI=1S/C21H21N5O/c1-15-11-20(25(2)24-15)21(27)22-12-16-7-9-17(10-8-16)13-26-14-23-18-5-3-4-6-19(18)26/h3-11,14H,12-13H2,1-2H3,(H,22,27). The maximum Gasteiger partial charge on any atom is 0.269 e. The van der Waals surface area contributed by atoms with E-state index in [1.807, 2.05) is 43.6 Å². The number of imidazole rings is 1. The highest BCUT2D eigenvalue weighted by Gasteiger charge is 2.11. The van der Waals surface area contributed by atoms with Gasteiger partial charge in [0.1, 0.15) is 5.69 Å². The maximum atomic E-state index is 12.3. The molecule has 4 rings (SSSR count). The fraction of sp³-hybridized carbons (Fsp3) is 0.190. The smallest absolute Gasteiger partial charge is 0.269 e. The van der Waals surface area contributed by atoms with Crippen LogP contribution >= 0.6 is 0 Å². The molecular formula is C21H21N5O. The Morgan fingerprint density at radius 3 is 2.56 bits per heavy atom. The predicted octanol–water partition coefficient (Wildman–Crippen LogP) is 3.06. The van der Waals surface area contributed by atoms with Crippen LogP contribution in [-0.4, -0.2) is 25.2 Å². The van der Waals surface area contributed by atoms with Gasteiger partial charge in [-0.25, -0.2) is 4.98 Å². The summed E-state index contributed by atoms with van der Waals surface area (Å²) in [5.74, 6) is -0.118. The maximum absolute atomic E-state index is 12.3. The molecule has 0 fully saturated rings. The fourth-order valence-electron chi connectivity index (χ4n) is 3.19. The van der Waals surface area contributed by atoms with Crippen molar-refractivity contribution in [2.45, 2.75) is 20.0 Å². The molecule has 1 N–H and O–H groups in total. The molecule has 2 aromatic carbocycles. The van der Waals surface area contributed by atoms with Crippen molar-refractivity contribution in [3.8, 4) is 0 Å².